The molecule has 1 N–H and O–H groups in total. The minimum absolute atomic E-state index is 0.104. The maximum absolute atomic E-state index is 13.5. The second kappa shape index (κ2) is 14.5. The van der Waals surface area contributed by atoms with E-state index < -0.39 is 17.7 Å². The number of benzene rings is 2. The molecule has 4 rings (SSSR count). The van der Waals surface area contributed by atoms with E-state index in [1.54, 1.807) is 17.0 Å². The van der Waals surface area contributed by atoms with Gasteiger partial charge in [-0.3, -0.25) is 14.5 Å². The molecule has 2 heterocycles. The first-order valence-electron chi connectivity index (χ1n) is 14.8. The summed E-state index contributed by atoms with van der Waals surface area (Å²) in [6.07, 6.45) is 3.22. The highest BCUT2D eigenvalue weighted by Gasteiger charge is 2.46. The zero-order valence-electron chi connectivity index (χ0n) is 24.9. The van der Waals surface area contributed by atoms with Crippen molar-refractivity contribution in [3.63, 3.8) is 0 Å². The van der Waals surface area contributed by atoms with Gasteiger partial charge in [0, 0.05) is 31.7 Å². The first kappa shape index (κ1) is 30.6. The number of likely N-dealkylation sites (tertiary alicyclic amines) is 1. The Kier molecular flexibility index (Phi) is 10.8. The number of aryl methyl sites for hydroxylation is 1. The summed E-state index contributed by atoms with van der Waals surface area (Å²) >= 11 is 0. The van der Waals surface area contributed by atoms with Gasteiger partial charge in [0.05, 0.1) is 38.0 Å². The highest BCUT2D eigenvalue weighted by Crippen LogP contribution is 2.40. The van der Waals surface area contributed by atoms with Crippen LogP contribution < -0.4 is 9.47 Å². The topological polar surface area (TPSA) is 88.5 Å². The molecule has 2 fully saturated rings. The molecule has 2 aliphatic heterocycles. The molecule has 2 aliphatic rings. The number of unbranched alkanes of at least 4 members (excludes halogenated alkanes) is 2. The number of hydrogen-bond donors (Lipinski definition) is 1. The maximum atomic E-state index is 13.5. The molecule has 2 aromatic carbocycles. The Morgan fingerprint density at radius 2 is 1.71 bits per heavy atom. The maximum Gasteiger partial charge on any atom is 0.295 e. The third-order valence-electron chi connectivity index (χ3n) is 7.55. The van der Waals surface area contributed by atoms with Gasteiger partial charge >= 0.3 is 0 Å². The summed E-state index contributed by atoms with van der Waals surface area (Å²) in [6, 6.07) is 12.2. The number of ether oxygens (including phenoxy) is 3. The zero-order valence-corrected chi connectivity index (χ0v) is 24.9. The molecule has 1 atom stereocenters. The standard InChI is InChI=1S/C33H44N2O6/c1-5-6-7-18-40-26-10-8-25(9-11-26)30-29(31(36)28-13-12-27(21-24(28)4)41-22-23(2)3)32(37)33(38)35(30)15-14-34-16-19-39-20-17-34/h8-13,21,23,30,36H,5-7,14-20,22H2,1-4H3/b31-29+. The monoisotopic (exact) mass is 564 g/mol. The second-order valence-corrected chi connectivity index (χ2v) is 11.3. The van der Waals surface area contributed by atoms with E-state index in [1.807, 2.05) is 37.3 Å². The summed E-state index contributed by atoms with van der Waals surface area (Å²) in [5.74, 6) is 0.376. The summed E-state index contributed by atoms with van der Waals surface area (Å²) < 4.78 is 17.2. The number of hydrogen-bond acceptors (Lipinski definition) is 7. The molecule has 0 radical (unpaired) electrons. The molecular weight excluding hydrogens is 520 g/mol. The Morgan fingerprint density at radius 1 is 1.00 bits per heavy atom. The van der Waals surface area contributed by atoms with E-state index in [2.05, 4.69) is 25.7 Å². The number of Topliss-reactive ketones (excluding diaryl/α,β-unsaturated/α-hetero) is 1. The number of aliphatic hydroxyl groups excluding tert-OH is 1. The van der Waals surface area contributed by atoms with Crippen molar-refractivity contribution in [2.45, 2.75) is 53.0 Å². The molecule has 0 aliphatic carbocycles. The van der Waals surface area contributed by atoms with Crippen LogP contribution in [0.2, 0.25) is 0 Å². The highest BCUT2D eigenvalue weighted by atomic mass is 16.5. The fourth-order valence-electron chi connectivity index (χ4n) is 5.22. The van der Waals surface area contributed by atoms with Crippen molar-refractivity contribution >= 4 is 17.4 Å². The zero-order chi connectivity index (χ0) is 29.4. The summed E-state index contributed by atoms with van der Waals surface area (Å²) in [4.78, 5) is 30.7. The molecule has 41 heavy (non-hydrogen) atoms. The number of rotatable bonds is 13. The lowest BCUT2D eigenvalue weighted by Gasteiger charge is -2.31. The molecular formula is C33H44N2O6. The summed E-state index contributed by atoms with van der Waals surface area (Å²) in [7, 11) is 0. The number of amides is 1. The average molecular weight is 565 g/mol. The molecule has 2 aromatic rings. The Bertz CT molecular complexity index is 1220. The minimum Gasteiger partial charge on any atom is -0.507 e. The number of carbonyl (C=O) groups excluding carboxylic acids is 2. The molecule has 0 aromatic heterocycles. The number of carbonyl (C=O) groups is 2. The van der Waals surface area contributed by atoms with Crippen LogP contribution in [0.5, 0.6) is 11.5 Å². The Hall–Kier alpha value is -3.36. The lowest BCUT2D eigenvalue weighted by molar-refractivity contribution is -0.140. The van der Waals surface area contributed by atoms with E-state index in [9.17, 15) is 14.7 Å². The molecule has 222 valence electrons. The van der Waals surface area contributed by atoms with Crippen molar-refractivity contribution in [3.8, 4) is 11.5 Å². The molecule has 0 bridgehead atoms. The SMILES string of the molecule is CCCCCOc1ccc(C2/C(=C(\O)c3ccc(OCC(C)C)cc3C)C(=O)C(=O)N2CCN2CCOCC2)cc1. The van der Waals surface area contributed by atoms with Crippen LogP contribution in [0.25, 0.3) is 5.76 Å². The lowest BCUT2D eigenvalue weighted by Crippen LogP contribution is -2.42. The van der Waals surface area contributed by atoms with Gasteiger partial charge in [-0.2, -0.15) is 0 Å². The summed E-state index contributed by atoms with van der Waals surface area (Å²) in [6.45, 7) is 13.2. The molecule has 1 unspecified atom stereocenters. The molecule has 0 saturated carbocycles. The van der Waals surface area contributed by atoms with Gasteiger partial charge in [-0.15, -0.1) is 0 Å². The van der Waals surface area contributed by atoms with E-state index in [1.165, 1.54) is 0 Å². The Balaban J connectivity index is 1.66. The smallest absolute Gasteiger partial charge is 0.295 e. The van der Waals surface area contributed by atoms with E-state index in [0.29, 0.717) is 56.7 Å². The van der Waals surface area contributed by atoms with Crippen molar-refractivity contribution in [2.75, 3.05) is 52.6 Å². The van der Waals surface area contributed by atoms with Crippen LogP contribution in [0.1, 0.15) is 62.8 Å². The number of nitrogens with zero attached hydrogens (tertiary/aromatic N) is 2. The van der Waals surface area contributed by atoms with Crippen molar-refractivity contribution < 1.29 is 28.9 Å². The molecule has 8 heteroatoms. The predicted molar refractivity (Wildman–Crippen MR) is 159 cm³/mol. The first-order chi connectivity index (χ1) is 19.8. The first-order valence-corrected chi connectivity index (χ1v) is 14.8. The van der Waals surface area contributed by atoms with Gasteiger partial charge in [-0.1, -0.05) is 45.7 Å². The second-order valence-electron chi connectivity index (χ2n) is 11.3. The van der Waals surface area contributed by atoms with Crippen LogP contribution >= 0.6 is 0 Å². The number of ketones is 1. The van der Waals surface area contributed by atoms with Gasteiger partial charge in [0.25, 0.3) is 11.7 Å². The molecule has 2 saturated heterocycles. The molecule has 8 nitrogen and oxygen atoms in total. The van der Waals surface area contributed by atoms with Crippen LogP contribution in [0.3, 0.4) is 0 Å². The normalized spacial score (nSPS) is 19.2. The summed E-state index contributed by atoms with van der Waals surface area (Å²) in [5, 5.41) is 11.6. The predicted octanol–water partition coefficient (Wildman–Crippen LogP) is 5.35. The third-order valence-corrected chi connectivity index (χ3v) is 7.55. The van der Waals surface area contributed by atoms with Crippen LogP contribution in [-0.4, -0.2) is 79.2 Å². The summed E-state index contributed by atoms with van der Waals surface area (Å²) in [5.41, 5.74) is 2.13. The van der Waals surface area contributed by atoms with E-state index >= 15 is 0 Å². The van der Waals surface area contributed by atoms with Gasteiger partial charge in [0.15, 0.2) is 0 Å². The number of aliphatic hydroxyl groups is 1. The van der Waals surface area contributed by atoms with Crippen molar-refractivity contribution in [3.05, 3.63) is 64.7 Å². The molecule has 0 spiro atoms. The van der Waals surface area contributed by atoms with Crippen molar-refractivity contribution in [1.82, 2.24) is 9.80 Å². The van der Waals surface area contributed by atoms with Gasteiger partial charge in [-0.25, -0.2) is 0 Å². The Labute approximate surface area is 243 Å². The van der Waals surface area contributed by atoms with Gasteiger partial charge in [0.2, 0.25) is 0 Å². The third kappa shape index (κ3) is 7.68. The van der Waals surface area contributed by atoms with Crippen LogP contribution in [-0.2, 0) is 14.3 Å². The largest absolute Gasteiger partial charge is 0.507 e. The minimum atomic E-state index is -0.707. The van der Waals surface area contributed by atoms with Gasteiger partial charge < -0.3 is 24.2 Å². The number of morpholine rings is 1. The van der Waals surface area contributed by atoms with Gasteiger partial charge in [-0.05, 0) is 60.7 Å². The fraction of sp³-hybridized carbons (Fsp3) is 0.515. The highest BCUT2D eigenvalue weighted by molar-refractivity contribution is 6.46. The lowest BCUT2D eigenvalue weighted by atomic mass is 9.94. The van der Waals surface area contributed by atoms with Crippen molar-refractivity contribution in [2.24, 2.45) is 5.92 Å². The Morgan fingerprint density at radius 3 is 2.37 bits per heavy atom. The fourth-order valence-corrected chi connectivity index (χ4v) is 5.22. The van der Waals surface area contributed by atoms with E-state index in [-0.39, 0.29) is 11.3 Å². The van der Waals surface area contributed by atoms with Gasteiger partial charge in [0.1, 0.15) is 17.3 Å². The average Bonchev–Trinajstić information content (AvgIpc) is 3.23. The van der Waals surface area contributed by atoms with Crippen molar-refractivity contribution in [1.29, 1.82) is 0 Å². The van der Waals surface area contributed by atoms with E-state index in [0.717, 1.165) is 49.2 Å². The van der Waals surface area contributed by atoms with E-state index in [4.69, 9.17) is 14.2 Å². The molecule has 1 amide bonds. The quantitative estimate of drug-likeness (QED) is 0.152. The van der Waals surface area contributed by atoms with Crippen LogP contribution in [0.15, 0.2) is 48.0 Å². The van der Waals surface area contributed by atoms with Crippen LogP contribution in [0, 0.1) is 12.8 Å². The van der Waals surface area contributed by atoms with Crippen LogP contribution in [0.4, 0.5) is 0 Å².